The Morgan fingerprint density at radius 3 is 2.62 bits per heavy atom. The number of nitrogens with two attached hydrogens (primary N) is 1. The van der Waals surface area contributed by atoms with Gasteiger partial charge in [-0.2, -0.15) is 0 Å². The van der Waals surface area contributed by atoms with Gasteiger partial charge in [0.05, 0.1) is 0 Å². The molecule has 0 unspecified atom stereocenters. The van der Waals surface area contributed by atoms with Gasteiger partial charge < -0.3 is 5.73 Å². The molecule has 0 fully saturated rings. The summed E-state index contributed by atoms with van der Waals surface area (Å²) in [5.74, 6) is -0.581. The minimum absolute atomic E-state index is 0.270. The molecule has 0 bridgehead atoms. The summed E-state index contributed by atoms with van der Waals surface area (Å²) in [6.45, 7) is 1.76. The number of primary amides is 1. The zero-order valence-electron chi connectivity index (χ0n) is 6.83. The molecule has 3 nitrogen and oxygen atoms in total. The Morgan fingerprint density at radius 1 is 1.54 bits per heavy atom. The lowest BCUT2D eigenvalue weighted by molar-refractivity contribution is 0.0997. The summed E-state index contributed by atoms with van der Waals surface area (Å²) < 4.78 is 11.4. The van der Waals surface area contributed by atoms with Crippen LogP contribution in [0.2, 0.25) is 0 Å². The molecule has 0 atom stereocenters. The summed E-state index contributed by atoms with van der Waals surface area (Å²) in [7, 11) is 0. The van der Waals surface area contributed by atoms with Crippen LogP contribution in [0, 0.1) is 6.92 Å². The van der Waals surface area contributed by atoms with E-state index in [0.29, 0.717) is 4.90 Å². The van der Waals surface area contributed by atoms with Gasteiger partial charge >= 0.3 is 16.6 Å². The lowest BCUT2D eigenvalue weighted by atomic mass is 10.1. The summed E-state index contributed by atoms with van der Waals surface area (Å²) in [5, 5.41) is 0. The van der Waals surface area contributed by atoms with Crippen molar-refractivity contribution in [2.75, 3.05) is 0 Å². The Labute approximate surface area is 87.9 Å². The third-order valence-electron chi connectivity index (χ3n) is 1.59. The highest BCUT2D eigenvalue weighted by Gasteiger charge is 2.22. The van der Waals surface area contributed by atoms with Gasteiger partial charge in [0.15, 0.2) is 0 Å². The molecule has 68 valence electrons. The van der Waals surface area contributed by atoms with E-state index in [0.717, 1.165) is 10.0 Å². The molecule has 0 saturated carbocycles. The summed E-state index contributed by atoms with van der Waals surface area (Å²) in [6, 6.07) is 3.32. The Bertz CT molecular complexity index is 379. The Hall–Kier alpha value is -0.810. The molecule has 1 aromatic rings. The van der Waals surface area contributed by atoms with Crippen LogP contribution in [0.1, 0.15) is 15.9 Å². The smallest absolute Gasteiger partial charge is 0.365 e. The van der Waals surface area contributed by atoms with Gasteiger partial charge in [0.2, 0.25) is 0 Å². The summed E-state index contributed by atoms with van der Waals surface area (Å²) >= 11 is 3.51. The normalized spacial score (nSPS) is 9.69. The second-order valence-corrected chi connectivity index (χ2v) is 4.04. The summed E-state index contributed by atoms with van der Waals surface area (Å²) in [5.41, 5.74) is 6.14. The van der Waals surface area contributed by atoms with Crippen molar-refractivity contribution < 1.29 is 9.00 Å². The lowest BCUT2D eigenvalue weighted by Crippen LogP contribution is -2.13. The van der Waals surface area contributed by atoms with Gasteiger partial charge in [-0.3, -0.25) is 4.79 Å². The molecule has 0 heterocycles. The first-order valence-electron chi connectivity index (χ1n) is 3.46. The quantitative estimate of drug-likeness (QED) is 0.823. The largest absolute Gasteiger partial charge is 0.506 e. The summed E-state index contributed by atoms with van der Waals surface area (Å²) in [6.07, 6.45) is 0. The first-order chi connectivity index (χ1) is 6.06. The minimum atomic E-state index is -0.581. The molecule has 5 heteroatoms. The van der Waals surface area contributed by atoms with Crippen LogP contribution in [-0.2, 0) is 15.9 Å². The van der Waals surface area contributed by atoms with Crippen LogP contribution < -0.4 is 5.73 Å². The molecule has 0 aliphatic carbocycles. The molecule has 13 heavy (non-hydrogen) atoms. The summed E-state index contributed by atoms with van der Waals surface area (Å²) in [4.78, 5) is 11.3. The van der Waals surface area contributed by atoms with Crippen molar-refractivity contribution in [2.24, 2.45) is 5.73 Å². The second kappa shape index (κ2) is 3.93. The van der Waals surface area contributed by atoms with E-state index in [9.17, 15) is 9.00 Å². The predicted octanol–water partition coefficient (Wildman–Crippen LogP) is 1.64. The number of carbonyl (C=O) groups excluding carboxylic acids is 1. The number of halogens is 1. The lowest BCUT2D eigenvalue weighted by Gasteiger charge is -1.97. The molecule has 1 aromatic carbocycles. The fourth-order valence-electron chi connectivity index (χ4n) is 1.02. The van der Waals surface area contributed by atoms with Crippen molar-refractivity contribution in [3.8, 4) is 0 Å². The molecule has 0 aliphatic heterocycles. The number of rotatable bonds is 2. The van der Waals surface area contributed by atoms with Gasteiger partial charge in [-0.05, 0) is 19.1 Å². The molecule has 1 amide bonds. The van der Waals surface area contributed by atoms with Crippen molar-refractivity contribution in [1.82, 2.24) is 0 Å². The van der Waals surface area contributed by atoms with Crippen molar-refractivity contribution in [1.29, 1.82) is 0 Å². The van der Waals surface area contributed by atoms with E-state index >= 15 is 0 Å². The van der Waals surface area contributed by atoms with E-state index in [-0.39, 0.29) is 17.2 Å². The van der Waals surface area contributed by atoms with E-state index in [1.165, 1.54) is 0 Å². The predicted molar refractivity (Wildman–Crippen MR) is 53.7 cm³/mol. The average molecular weight is 261 g/mol. The van der Waals surface area contributed by atoms with Crippen LogP contribution in [0.15, 0.2) is 21.5 Å². The Balaban J connectivity index is 3.46. The maximum Gasteiger partial charge on any atom is 0.506 e. The maximum atomic E-state index is 10.9. The monoisotopic (exact) mass is 260 g/mol. The fraction of sp³-hybridized carbons (Fsp3) is 0.125. The number of aryl methyl sites for hydroxylation is 1. The van der Waals surface area contributed by atoms with Crippen LogP contribution in [0.4, 0.5) is 0 Å². The Kier molecular flexibility index (Phi) is 3.11. The third-order valence-corrected chi connectivity index (χ3v) is 2.75. The molecule has 0 aromatic heterocycles. The zero-order valence-corrected chi connectivity index (χ0v) is 9.24. The van der Waals surface area contributed by atoms with Gasteiger partial charge in [0, 0.05) is 14.2 Å². The van der Waals surface area contributed by atoms with E-state index in [2.05, 4.69) is 15.9 Å². The van der Waals surface area contributed by atoms with E-state index < -0.39 is 5.91 Å². The second-order valence-electron chi connectivity index (χ2n) is 2.55. The maximum absolute atomic E-state index is 10.9. The zero-order chi connectivity index (χ0) is 10.0. The van der Waals surface area contributed by atoms with Gasteiger partial charge in [-0.15, -0.1) is 0 Å². The number of hydrogen-bond acceptors (Lipinski definition) is 2. The van der Waals surface area contributed by atoms with Crippen LogP contribution in [0.25, 0.3) is 0 Å². The molecule has 2 N–H and O–H groups in total. The van der Waals surface area contributed by atoms with Crippen LogP contribution in [0.5, 0.6) is 0 Å². The average Bonchev–Trinajstić information content (AvgIpc) is 2.02. The number of benzene rings is 1. The molecule has 0 aliphatic rings. The topological polar surface area (TPSA) is 60.2 Å². The highest BCUT2D eigenvalue weighted by atomic mass is 79.9. The standard InChI is InChI=1S/C8H6BrNO2S/c1-4-2-5(9)3-6(8(10)11)7(4)13-12/h2-3H,1H3,(H-,10,11)/p+1. The highest BCUT2D eigenvalue weighted by Crippen LogP contribution is 2.20. The van der Waals surface area contributed by atoms with Crippen LogP contribution in [0.3, 0.4) is 0 Å². The van der Waals surface area contributed by atoms with Crippen LogP contribution in [-0.4, -0.2) is 5.91 Å². The van der Waals surface area contributed by atoms with Crippen LogP contribution >= 0.6 is 15.9 Å². The van der Waals surface area contributed by atoms with Crippen molar-refractivity contribution in [3.05, 3.63) is 27.7 Å². The molecule has 0 spiro atoms. The van der Waals surface area contributed by atoms with Crippen molar-refractivity contribution >= 4 is 33.5 Å². The number of carbonyl (C=O) groups is 1. The number of hydrogen-bond donors (Lipinski definition) is 1. The van der Waals surface area contributed by atoms with Gasteiger partial charge in [-0.1, -0.05) is 15.9 Å². The van der Waals surface area contributed by atoms with Gasteiger partial charge in [-0.25, -0.2) is 0 Å². The van der Waals surface area contributed by atoms with E-state index in [4.69, 9.17) is 5.73 Å². The molecular weight excluding hydrogens is 254 g/mol. The van der Waals surface area contributed by atoms with E-state index in [1.807, 2.05) is 0 Å². The van der Waals surface area contributed by atoms with E-state index in [1.54, 1.807) is 19.1 Å². The van der Waals surface area contributed by atoms with Crippen molar-refractivity contribution in [3.63, 3.8) is 0 Å². The first-order valence-corrected chi connectivity index (χ1v) is 4.99. The molecule has 1 rings (SSSR count). The van der Waals surface area contributed by atoms with Gasteiger partial charge in [0.1, 0.15) is 5.56 Å². The first kappa shape index (κ1) is 10.3. The highest BCUT2D eigenvalue weighted by molar-refractivity contribution is 9.10. The Morgan fingerprint density at radius 2 is 2.15 bits per heavy atom. The fourth-order valence-corrected chi connectivity index (χ4v) is 2.04. The SMILES string of the molecule is Cc1cc(Br)cc(C(N)=O)c1[S+]=O. The molecule has 0 radical (unpaired) electrons. The molecular formula is C8H7BrNO2S+. The third kappa shape index (κ3) is 2.10. The minimum Gasteiger partial charge on any atom is -0.365 e. The van der Waals surface area contributed by atoms with Crippen molar-refractivity contribution in [2.45, 2.75) is 11.8 Å². The van der Waals surface area contributed by atoms with Gasteiger partial charge in [0.25, 0.3) is 5.91 Å². The number of amides is 1. The molecule has 0 saturated heterocycles.